The average Bonchev–Trinajstić information content (AvgIpc) is 2.20. The highest BCUT2D eigenvalue weighted by Gasteiger charge is 2.07. The van der Waals surface area contributed by atoms with Crippen molar-refractivity contribution >= 4 is 47.8 Å². The van der Waals surface area contributed by atoms with Crippen molar-refractivity contribution in [2.45, 2.75) is 19.3 Å². The minimum Gasteiger partial charge on any atom is -0.491 e. The zero-order valence-electron chi connectivity index (χ0n) is 8.47. The lowest BCUT2D eigenvalue weighted by Gasteiger charge is -2.10. The van der Waals surface area contributed by atoms with Crippen molar-refractivity contribution in [1.82, 2.24) is 0 Å². The summed E-state index contributed by atoms with van der Waals surface area (Å²) in [5.74, 6) is 0.806. The van der Waals surface area contributed by atoms with Crippen LogP contribution in [0.5, 0.6) is 5.75 Å². The molecule has 0 unspecified atom stereocenters. The van der Waals surface area contributed by atoms with Gasteiger partial charge in [0.25, 0.3) is 0 Å². The van der Waals surface area contributed by atoms with E-state index in [9.17, 15) is 0 Å². The Morgan fingerprint density at radius 1 is 1.12 bits per heavy atom. The minimum absolute atomic E-state index is 0.589. The van der Waals surface area contributed by atoms with Gasteiger partial charge >= 0.3 is 0 Å². The summed E-state index contributed by atoms with van der Waals surface area (Å²) in [5.41, 5.74) is 0. The molecule has 0 aliphatic carbocycles. The summed E-state index contributed by atoms with van der Waals surface area (Å²) in [6.07, 6.45) is 2.36. The van der Waals surface area contributed by atoms with Gasteiger partial charge in [-0.25, -0.2) is 0 Å². The van der Waals surface area contributed by atoms with Crippen LogP contribution in [-0.4, -0.2) is 6.61 Å². The van der Waals surface area contributed by atoms with E-state index < -0.39 is 0 Å². The van der Waals surface area contributed by atoms with Crippen LogP contribution < -0.4 is 4.74 Å². The van der Waals surface area contributed by atoms with Crippen LogP contribution in [0.15, 0.2) is 25.6 Å². The van der Waals surface area contributed by atoms with Gasteiger partial charge in [-0.3, -0.25) is 0 Å². The lowest BCUT2D eigenvalue weighted by molar-refractivity contribution is 0.304. The summed E-state index contributed by atoms with van der Waals surface area (Å²) in [6.45, 7) is 0.626. The number of halogens is 3. The van der Waals surface area contributed by atoms with E-state index in [1.165, 1.54) is 0 Å². The van der Waals surface area contributed by atoms with E-state index in [0.29, 0.717) is 13.0 Å². The van der Waals surface area contributed by atoms with E-state index in [1.54, 1.807) is 0 Å². The number of unbranched alkanes of at least 4 members (excludes halogenated alkanes) is 2. The summed E-state index contributed by atoms with van der Waals surface area (Å²) >= 11 is 10.3. The molecule has 1 aromatic rings. The molecule has 0 N–H and O–H groups in total. The molecular weight excluding hydrogens is 402 g/mol. The molecule has 0 saturated carbocycles. The summed E-state index contributed by atoms with van der Waals surface area (Å²) < 4.78 is 8.46. The summed E-state index contributed by atoms with van der Waals surface area (Å²) in [5, 5.41) is 8.39. The lowest BCUT2D eigenvalue weighted by Crippen LogP contribution is -1.98. The van der Waals surface area contributed by atoms with Crippen LogP contribution in [0.1, 0.15) is 19.3 Å². The zero-order valence-corrected chi connectivity index (χ0v) is 13.2. The largest absolute Gasteiger partial charge is 0.491 e. The normalized spacial score (nSPS) is 9.88. The maximum Gasteiger partial charge on any atom is 0.147 e. The van der Waals surface area contributed by atoms with Crippen molar-refractivity contribution in [2.24, 2.45) is 0 Å². The fourth-order valence-electron chi connectivity index (χ4n) is 1.15. The van der Waals surface area contributed by atoms with E-state index in [2.05, 4.69) is 53.9 Å². The lowest BCUT2D eigenvalue weighted by atomic mass is 10.2. The molecule has 0 atom stereocenters. The first kappa shape index (κ1) is 14.0. The minimum atomic E-state index is 0.589. The van der Waals surface area contributed by atoms with E-state index in [0.717, 1.165) is 32.0 Å². The summed E-state index contributed by atoms with van der Waals surface area (Å²) in [4.78, 5) is 0. The van der Waals surface area contributed by atoms with Gasteiger partial charge in [0.05, 0.1) is 21.6 Å². The zero-order chi connectivity index (χ0) is 12.0. The third-order valence-corrected chi connectivity index (χ3v) is 3.53. The van der Waals surface area contributed by atoms with Gasteiger partial charge in [-0.2, -0.15) is 5.26 Å². The van der Waals surface area contributed by atoms with Gasteiger partial charge < -0.3 is 4.74 Å². The second-order valence-electron chi connectivity index (χ2n) is 3.16. The molecule has 86 valence electrons. The summed E-state index contributed by atoms with van der Waals surface area (Å²) in [6, 6.07) is 6.00. The van der Waals surface area contributed by atoms with E-state index in [1.807, 2.05) is 12.1 Å². The van der Waals surface area contributed by atoms with Crippen LogP contribution in [0, 0.1) is 11.3 Å². The van der Waals surface area contributed by atoms with E-state index in [-0.39, 0.29) is 0 Å². The first-order valence-electron chi connectivity index (χ1n) is 4.79. The first-order chi connectivity index (χ1) is 7.65. The molecule has 1 rings (SSSR count). The van der Waals surface area contributed by atoms with E-state index in [4.69, 9.17) is 10.00 Å². The molecule has 0 fully saturated rings. The number of benzene rings is 1. The van der Waals surface area contributed by atoms with Gasteiger partial charge in [-0.05, 0) is 56.8 Å². The molecule has 0 bridgehead atoms. The van der Waals surface area contributed by atoms with Crippen LogP contribution in [0.2, 0.25) is 0 Å². The number of hydrogen-bond donors (Lipinski definition) is 0. The Kier molecular flexibility index (Phi) is 6.40. The molecule has 0 aromatic heterocycles. The smallest absolute Gasteiger partial charge is 0.147 e. The Bertz CT molecular complexity index is 378. The first-order valence-corrected chi connectivity index (χ1v) is 7.17. The molecule has 2 nitrogen and oxygen atoms in total. The molecule has 0 saturated heterocycles. The van der Waals surface area contributed by atoms with Crippen molar-refractivity contribution < 1.29 is 4.74 Å². The molecule has 0 spiro atoms. The quantitative estimate of drug-likeness (QED) is 0.635. The Morgan fingerprint density at radius 2 is 1.75 bits per heavy atom. The molecule has 0 aliphatic heterocycles. The van der Waals surface area contributed by atoms with Crippen molar-refractivity contribution in [3.63, 3.8) is 0 Å². The SMILES string of the molecule is N#CCCCCOc1c(Br)cc(Br)cc1Br. The number of hydrogen-bond acceptors (Lipinski definition) is 2. The third kappa shape index (κ3) is 4.44. The standard InChI is InChI=1S/C11H10Br3NO/c12-8-6-9(13)11(10(14)7-8)16-5-3-1-2-4-15/h6-7H,1-3,5H2. The molecule has 0 amide bonds. The van der Waals surface area contributed by atoms with Gasteiger partial charge in [-0.15, -0.1) is 0 Å². The summed E-state index contributed by atoms with van der Waals surface area (Å²) in [7, 11) is 0. The maximum atomic E-state index is 8.39. The molecule has 1 aromatic carbocycles. The second-order valence-corrected chi connectivity index (χ2v) is 5.79. The molecule has 0 heterocycles. The highest BCUT2D eigenvalue weighted by atomic mass is 79.9. The monoisotopic (exact) mass is 409 g/mol. The Morgan fingerprint density at radius 3 is 2.31 bits per heavy atom. The topological polar surface area (TPSA) is 33.0 Å². The molecular formula is C11H10Br3NO. The predicted molar refractivity (Wildman–Crippen MR) is 74.5 cm³/mol. The van der Waals surface area contributed by atoms with Crippen LogP contribution in [0.3, 0.4) is 0 Å². The van der Waals surface area contributed by atoms with Crippen LogP contribution in [-0.2, 0) is 0 Å². The van der Waals surface area contributed by atoms with Crippen LogP contribution >= 0.6 is 47.8 Å². The van der Waals surface area contributed by atoms with Gasteiger partial charge in [0, 0.05) is 10.9 Å². The Balaban J connectivity index is 2.51. The second kappa shape index (κ2) is 7.31. The van der Waals surface area contributed by atoms with Crippen molar-refractivity contribution in [3.8, 4) is 11.8 Å². The van der Waals surface area contributed by atoms with Gasteiger partial charge in [0.15, 0.2) is 0 Å². The molecule has 16 heavy (non-hydrogen) atoms. The highest BCUT2D eigenvalue weighted by molar-refractivity contribution is 9.11. The highest BCUT2D eigenvalue weighted by Crippen LogP contribution is 2.36. The Labute approximate surface area is 120 Å². The molecule has 5 heteroatoms. The van der Waals surface area contributed by atoms with Crippen molar-refractivity contribution in [3.05, 3.63) is 25.6 Å². The molecule has 0 aliphatic rings. The third-order valence-electron chi connectivity index (χ3n) is 1.89. The van der Waals surface area contributed by atoms with Gasteiger partial charge in [0.1, 0.15) is 5.75 Å². The fourth-order valence-corrected chi connectivity index (χ4v) is 3.63. The van der Waals surface area contributed by atoms with Gasteiger partial charge in [0.2, 0.25) is 0 Å². The number of nitrogens with zero attached hydrogens (tertiary/aromatic N) is 1. The van der Waals surface area contributed by atoms with Gasteiger partial charge in [-0.1, -0.05) is 15.9 Å². The van der Waals surface area contributed by atoms with Crippen LogP contribution in [0.25, 0.3) is 0 Å². The molecule has 0 radical (unpaired) electrons. The Hall–Kier alpha value is -0.0500. The fraction of sp³-hybridized carbons (Fsp3) is 0.364. The number of rotatable bonds is 5. The van der Waals surface area contributed by atoms with Crippen LogP contribution in [0.4, 0.5) is 0 Å². The number of nitriles is 1. The van der Waals surface area contributed by atoms with Crippen molar-refractivity contribution in [1.29, 1.82) is 5.26 Å². The maximum absolute atomic E-state index is 8.39. The predicted octanol–water partition coefficient (Wildman–Crippen LogP) is 5.05. The van der Waals surface area contributed by atoms with E-state index >= 15 is 0 Å². The van der Waals surface area contributed by atoms with Crippen molar-refractivity contribution in [2.75, 3.05) is 6.61 Å². The number of ether oxygens (including phenoxy) is 1. The average molecular weight is 412 g/mol.